The van der Waals surface area contributed by atoms with Gasteiger partial charge in [0.1, 0.15) is 11.3 Å². The molecule has 0 spiro atoms. The quantitative estimate of drug-likeness (QED) is 0.935. The Balaban J connectivity index is 1.59. The lowest BCUT2D eigenvalue weighted by molar-refractivity contribution is 0.198. The van der Waals surface area contributed by atoms with Crippen molar-refractivity contribution in [1.29, 1.82) is 0 Å². The van der Waals surface area contributed by atoms with Crippen LogP contribution in [0.25, 0.3) is 11.2 Å². The molecule has 1 N–H and O–H groups in total. The van der Waals surface area contributed by atoms with Gasteiger partial charge in [-0.1, -0.05) is 13.8 Å². The second kappa shape index (κ2) is 6.35. The van der Waals surface area contributed by atoms with Gasteiger partial charge in [0.25, 0.3) is 0 Å². The predicted molar refractivity (Wildman–Crippen MR) is 85.3 cm³/mol. The van der Waals surface area contributed by atoms with Crippen LogP contribution in [-0.2, 0) is 0 Å². The molecule has 1 fully saturated rings. The van der Waals surface area contributed by atoms with Crippen molar-refractivity contribution in [3.63, 3.8) is 0 Å². The molecule has 1 saturated heterocycles. The zero-order chi connectivity index (χ0) is 14.7. The summed E-state index contributed by atoms with van der Waals surface area (Å²) in [5, 5.41) is 3.54. The molecule has 0 saturated carbocycles. The van der Waals surface area contributed by atoms with Gasteiger partial charge in [-0.05, 0) is 30.9 Å². The molecule has 0 aromatic carbocycles. The lowest BCUT2D eigenvalue weighted by atomic mass is 10.0. The van der Waals surface area contributed by atoms with E-state index in [1.165, 1.54) is 32.5 Å². The molecule has 0 aliphatic carbocycles. The summed E-state index contributed by atoms with van der Waals surface area (Å²) < 4.78 is 0. The highest BCUT2D eigenvalue weighted by atomic mass is 15.1. The van der Waals surface area contributed by atoms with Gasteiger partial charge in [0.05, 0.1) is 0 Å². The summed E-state index contributed by atoms with van der Waals surface area (Å²) in [4.78, 5) is 15.6. The third-order valence-electron chi connectivity index (χ3n) is 3.89. The van der Waals surface area contributed by atoms with Gasteiger partial charge in [-0.15, -0.1) is 0 Å². The number of nitrogens with one attached hydrogen (secondary N) is 1. The van der Waals surface area contributed by atoms with Gasteiger partial charge in [0.15, 0.2) is 5.65 Å². The Morgan fingerprint density at radius 2 is 1.95 bits per heavy atom. The summed E-state index contributed by atoms with van der Waals surface area (Å²) in [5.74, 6) is 1.65. The van der Waals surface area contributed by atoms with Crippen LogP contribution in [0.15, 0.2) is 24.5 Å². The molecule has 0 unspecified atom stereocenters. The van der Waals surface area contributed by atoms with E-state index in [1.54, 1.807) is 12.4 Å². The average Bonchev–Trinajstić information content (AvgIpc) is 2.49. The fourth-order valence-electron chi connectivity index (χ4n) is 2.92. The molecule has 0 radical (unpaired) electrons. The van der Waals surface area contributed by atoms with Gasteiger partial charge < -0.3 is 10.2 Å². The molecule has 0 amide bonds. The maximum Gasteiger partial charge on any atom is 0.180 e. The Kier molecular flexibility index (Phi) is 4.29. The van der Waals surface area contributed by atoms with E-state index >= 15 is 0 Å². The molecule has 5 nitrogen and oxygen atoms in total. The Hall–Kier alpha value is -1.75. The lowest BCUT2D eigenvalue weighted by Gasteiger charge is -2.33. The highest BCUT2D eigenvalue weighted by Gasteiger charge is 2.19. The first-order chi connectivity index (χ1) is 10.2. The van der Waals surface area contributed by atoms with Crippen molar-refractivity contribution >= 4 is 17.0 Å². The average molecular weight is 285 g/mol. The van der Waals surface area contributed by atoms with Crippen LogP contribution in [0.2, 0.25) is 0 Å². The fourth-order valence-corrected chi connectivity index (χ4v) is 2.92. The number of aromatic nitrogens is 3. The molecule has 1 aliphatic rings. The van der Waals surface area contributed by atoms with E-state index < -0.39 is 0 Å². The van der Waals surface area contributed by atoms with Crippen molar-refractivity contribution in [2.24, 2.45) is 5.92 Å². The smallest absolute Gasteiger partial charge is 0.180 e. The monoisotopic (exact) mass is 285 g/mol. The van der Waals surface area contributed by atoms with E-state index in [2.05, 4.69) is 39.0 Å². The van der Waals surface area contributed by atoms with Crippen LogP contribution in [0.1, 0.15) is 26.7 Å². The van der Waals surface area contributed by atoms with Crippen molar-refractivity contribution in [2.45, 2.75) is 32.7 Å². The zero-order valence-corrected chi connectivity index (χ0v) is 12.8. The molecule has 0 atom stereocenters. The molecule has 2 aromatic heterocycles. The van der Waals surface area contributed by atoms with Gasteiger partial charge in [-0.25, -0.2) is 9.97 Å². The van der Waals surface area contributed by atoms with Crippen LogP contribution < -0.4 is 5.32 Å². The van der Waals surface area contributed by atoms with E-state index in [1.807, 2.05) is 12.1 Å². The van der Waals surface area contributed by atoms with Gasteiger partial charge in [-0.3, -0.25) is 4.98 Å². The molecule has 1 aliphatic heterocycles. The number of piperidine rings is 1. The van der Waals surface area contributed by atoms with E-state index in [-0.39, 0.29) is 0 Å². The lowest BCUT2D eigenvalue weighted by Crippen LogP contribution is -2.40. The number of pyridine rings is 1. The standard InChI is InChI=1S/C16H23N5/c1-12(2)11-21-9-5-13(6-10-21)19-15-4-3-14-16(20-15)18-8-7-17-14/h3-4,7-8,12-13H,5-6,9-11H2,1-2H3,(H,18,19,20). The number of hydrogen-bond acceptors (Lipinski definition) is 5. The first-order valence-electron chi connectivity index (χ1n) is 7.77. The molecule has 21 heavy (non-hydrogen) atoms. The third kappa shape index (κ3) is 3.67. The normalized spacial score (nSPS) is 17.5. The molecule has 0 bridgehead atoms. The van der Waals surface area contributed by atoms with Crippen LogP contribution in [0.4, 0.5) is 5.82 Å². The van der Waals surface area contributed by atoms with E-state index in [9.17, 15) is 0 Å². The summed E-state index contributed by atoms with van der Waals surface area (Å²) in [5.41, 5.74) is 1.55. The fraction of sp³-hybridized carbons (Fsp3) is 0.562. The second-order valence-corrected chi connectivity index (χ2v) is 6.21. The first kappa shape index (κ1) is 14.2. The summed E-state index contributed by atoms with van der Waals surface area (Å²) >= 11 is 0. The molecule has 112 valence electrons. The van der Waals surface area contributed by atoms with Gasteiger partial charge in [-0.2, -0.15) is 0 Å². The van der Waals surface area contributed by atoms with E-state index in [0.29, 0.717) is 11.7 Å². The Morgan fingerprint density at radius 1 is 1.19 bits per heavy atom. The minimum absolute atomic E-state index is 0.509. The maximum absolute atomic E-state index is 4.54. The van der Waals surface area contributed by atoms with Gasteiger partial charge in [0, 0.05) is 38.1 Å². The Bertz CT molecular complexity index is 590. The second-order valence-electron chi connectivity index (χ2n) is 6.21. The van der Waals surface area contributed by atoms with Crippen molar-refractivity contribution in [1.82, 2.24) is 19.9 Å². The summed E-state index contributed by atoms with van der Waals surface area (Å²) in [6.45, 7) is 8.11. The molecule has 5 heteroatoms. The zero-order valence-electron chi connectivity index (χ0n) is 12.8. The predicted octanol–water partition coefficient (Wildman–Crippen LogP) is 2.56. The van der Waals surface area contributed by atoms with E-state index in [0.717, 1.165) is 17.3 Å². The summed E-state index contributed by atoms with van der Waals surface area (Å²) in [6, 6.07) is 4.48. The highest BCUT2D eigenvalue weighted by molar-refractivity contribution is 5.71. The number of hydrogen-bond donors (Lipinski definition) is 1. The molecule has 2 aromatic rings. The minimum atomic E-state index is 0.509. The van der Waals surface area contributed by atoms with Crippen molar-refractivity contribution in [2.75, 3.05) is 25.0 Å². The number of rotatable bonds is 4. The number of anilines is 1. The van der Waals surface area contributed by atoms with Crippen molar-refractivity contribution in [3.8, 4) is 0 Å². The number of likely N-dealkylation sites (tertiary alicyclic amines) is 1. The van der Waals surface area contributed by atoms with E-state index in [4.69, 9.17) is 0 Å². The van der Waals surface area contributed by atoms with Crippen molar-refractivity contribution < 1.29 is 0 Å². The topological polar surface area (TPSA) is 53.9 Å². The van der Waals surface area contributed by atoms with Crippen LogP contribution in [-0.4, -0.2) is 45.5 Å². The SMILES string of the molecule is CC(C)CN1CCC(Nc2ccc3nccnc3n2)CC1. The van der Waals surface area contributed by atoms with Crippen LogP contribution in [0, 0.1) is 5.92 Å². The molecular formula is C16H23N5. The molecule has 3 rings (SSSR count). The number of nitrogens with zero attached hydrogens (tertiary/aromatic N) is 4. The third-order valence-corrected chi connectivity index (χ3v) is 3.89. The first-order valence-corrected chi connectivity index (χ1v) is 7.77. The molecular weight excluding hydrogens is 262 g/mol. The van der Waals surface area contributed by atoms with Crippen LogP contribution >= 0.6 is 0 Å². The van der Waals surface area contributed by atoms with Crippen molar-refractivity contribution in [3.05, 3.63) is 24.5 Å². The largest absolute Gasteiger partial charge is 0.367 e. The number of fused-ring (bicyclic) bond motifs is 1. The summed E-state index contributed by atoms with van der Waals surface area (Å²) in [6.07, 6.45) is 5.73. The minimum Gasteiger partial charge on any atom is -0.367 e. The van der Waals surface area contributed by atoms with Gasteiger partial charge >= 0.3 is 0 Å². The maximum atomic E-state index is 4.54. The van der Waals surface area contributed by atoms with Crippen LogP contribution in [0.3, 0.4) is 0 Å². The summed E-state index contributed by atoms with van der Waals surface area (Å²) in [7, 11) is 0. The Morgan fingerprint density at radius 3 is 2.71 bits per heavy atom. The Labute approximate surface area is 125 Å². The van der Waals surface area contributed by atoms with Gasteiger partial charge in [0.2, 0.25) is 0 Å². The molecule has 3 heterocycles. The highest BCUT2D eigenvalue weighted by Crippen LogP contribution is 2.17. The van der Waals surface area contributed by atoms with Crippen LogP contribution in [0.5, 0.6) is 0 Å².